The summed E-state index contributed by atoms with van der Waals surface area (Å²) in [5.74, 6) is 2.81. The Kier molecular flexibility index (Phi) is 4.85. The molecule has 2 aromatic carbocycles. The van der Waals surface area contributed by atoms with Gasteiger partial charge in [0, 0.05) is 23.9 Å². The predicted octanol–water partition coefficient (Wildman–Crippen LogP) is 6.63. The van der Waals surface area contributed by atoms with Gasteiger partial charge in [0.25, 0.3) is 0 Å². The highest BCUT2D eigenvalue weighted by Crippen LogP contribution is 2.36. The number of hydrogen-bond acceptors (Lipinski definition) is 5. The average Bonchev–Trinajstić information content (AvgIpc) is 2.93. The monoisotopic (exact) mass is 399 g/mol. The van der Waals surface area contributed by atoms with Gasteiger partial charge in [0.2, 0.25) is 5.88 Å². The van der Waals surface area contributed by atoms with Crippen LogP contribution in [-0.2, 0) is 4.74 Å². The molecule has 0 spiro atoms. The molecule has 0 bridgehead atoms. The number of aromatic nitrogens is 1. The van der Waals surface area contributed by atoms with Crippen LogP contribution in [0.3, 0.4) is 0 Å². The third-order valence-electron chi connectivity index (χ3n) is 5.14. The van der Waals surface area contributed by atoms with Crippen molar-refractivity contribution in [2.75, 3.05) is 0 Å². The minimum absolute atomic E-state index is 0.0159. The Labute approximate surface area is 174 Å². The molecule has 30 heavy (non-hydrogen) atoms. The summed E-state index contributed by atoms with van der Waals surface area (Å²) >= 11 is 0. The second kappa shape index (κ2) is 7.95. The number of aliphatic hydroxyl groups is 1. The molecule has 0 amide bonds. The summed E-state index contributed by atoms with van der Waals surface area (Å²) in [5.41, 5.74) is 1.36. The van der Waals surface area contributed by atoms with Crippen LogP contribution >= 0.6 is 0 Å². The maximum Gasteiger partial charge on any atom is 0.219 e. The van der Waals surface area contributed by atoms with Crippen molar-refractivity contribution in [3.8, 4) is 17.4 Å². The summed E-state index contributed by atoms with van der Waals surface area (Å²) in [4.78, 5) is 4.54. The number of ether oxygens (including phenoxy) is 3. The van der Waals surface area contributed by atoms with Gasteiger partial charge < -0.3 is 19.3 Å². The molecule has 3 aromatic rings. The molecule has 1 aromatic heterocycles. The van der Waals surface area contributed by atoms with Crippen molar-refractivity contribution >= 4 is 16.7 Å². The van der Waals surface area contributed by atoms with E-state index in [1.807, 2.05) is 36.4 Å². The van der Waals surface area contributed by atoms with E-state index in [1.165, 1.54) is 12.7 Å². The summed E-state index contributed by atoms with van der Waals surface area (Å²) < 4.78 is 17.6. The van der Waals surface area contributed by atoms with Gasteiger partial charge in [-0.3, -0.25) is 0 Å². The topological polar surface area (TPSA) is 60.8 Å². The SMILES string of the molecule is OC1=C(OC2=CCCCC2)C=COc2ccc(Oc3ccc4ccccc4n3)cc21. The Morgan fingerprint density at radius 1 is 0.967 bits per heavy atom. The van der Waals surface area contributed by atoms with Crippen molar-refractivity contribution in [2.24, 2.45) is 0 Å². The lowest BCUT2D eigenvalue weighted by molar-refractivity contribution is 0.282. The third-order valence-corrected chi connectivity index (χ3v) is 5.14. The number of nitrogens with zero attached hydrogens (tertiary/aromatic N) is 1. The Hall–Kier alpha value is -3.73. The lowest BCUT2D eigenvalue weighted by Gasteiger charge is -2.15. The van der Waals surface area contributed by atoms with Crippen molar-refractivity contribution in [1.29, 1.82) is 0 Å². The second-order valence-corrected chi connectivity index (χ2v) is 7.25. The van der Waals surface area contributed by atoms with Gasteiger partial charge in [-0.1, -0.05) is 18.2 Å². The molecule has 1 N–H and O–H groups in total. The number of aliphatic hydroxyl groups excluding tert-OH is 1. The molecule has 0 saturated heterocycles. The van der Waals surface area contributed by atoms with Gasteiger partial charge in [-0.25, -0.2) is 4.98 Å². The van der Waals surface area contributed by atoms with Crippen LogP contribution in [0.5, 0.6) is 17.4 Å². The van der Waals surface area contributed by atoms with Crippen molar-refractivity contribution in [3.63, 3.8) is 0 Å². The fraction of sp³-hybridized carbons (Fsp3) is 0.160. The van der Waals surface area contributed by atoms with Gasteiger partial charge in [-0.05, 0) is 55.7 Å². The maximum atomic E-state index is 10.9. The van der Waals surface area contributed by atoms with Crippen molar-refractivity contribution in [1.82, 2.24) is 4.98 Å². The van der Waals surface area contributed by atoms with Crippen LogP contribution in [0.4, 0.5) is 0 Å². The zero-order valence-electron chi connectivity index (χ0n) is 16.4. The van der Waals surface area contributed by atoms with E-state index in [0.29, 0.717) is 28.7 Å². The molecule has 0 unspecified atom stereocenters. The van der Waals surface area contributed by atoms with Gasteiger partial charge in [-0.15, -0.1) is 0 Å². The van der Waals surface area contributed by atoms with E-state index in [4.69, 9.17) is 14.2 Å². The highest BCUT2D eigenvalue weighted by molar-refractivity contribution is 5.79. The molecule has 1 aliphatic heterocycles. The summed E-state index contributed by atoms with van der Waals surface area (Å²) in [6, 6.07) is 16.9. The minimum atomic E-state index is 0.0159. The molecule has 1 aliphatic carbocycles. The standard InChI is InChI=1S/C25H21NO4/c27-25-20-16-19(30-24-13-10-17-6-4-5-9-21(17)26-24)11-12-22(20)28-15-14-23(25)29-18-7-2-1-3-8-18/h4-7,9-16,27H,1-3,8H2. The molecule has 0 saturated carbocycles. The van der Waals surface area contributed by atoms with Gasteiger partial charge in [0.15, 0.2) is 11.5 Å². The maximum absolute atomic E-state index is 10.9. The van der Waals surface area contributed by atoms with Crippen molar-refractivity contribution < 1.29 is 19.3 Å². The molecular weight excluding hydrogens is 378 g/mol. The first kappa shape index (κ1) is 18.3. The van der Waals surface area contributed by atoms with Gasteiger partial charge >= 0.3 is 0 Å². The molecule has 5 heteroatoms. The molecular formula is C25H21NO4. The largest absolute Gasteiger partial charge is 0.504 e. The van der Waals surface area contributed by atoms with E-state index in [-0.39, 0.29) is 5.76 Å². The molecule has 0 fully saturated rings. The highest BCUT2D eigenvalue weighted by Gasteiger charge is 2.19. The molecule has 0 atom stereocenters. The number of fused-ring (bicyclic) bond motifs is 2. The first-order valence-corrected chi connectivity index (χ1v) is 10.1. The van der Waals surface area contributed by atoms with Crippen LogP contribution in [0.15, 0.2) is 84.5 Å². The van der Waals surface area contributed by atoms with Crippen molar-refractivity contribution in [3.05, 3.63) is 90.1 Å². The first-order chi connectivity index (χ1) is 14.8. The highest BCUT2D eigenvalue weighted by atomic mass is 16.5. The lowest BCUT2D eigenvalue weighted by Crippen LogP contribution is -1.99. The fourth-order valence-corrected chi connectivity index (χ4v) is 3.59. The number of pyridine rings is 1. The number of allylic oxidation sites excluding steroid dienone is 3. The van der Waals surface area contributed by atoms with Crippen LogP contribution in [0.2, 0.25) is 0 Å². The van der Waals surface area contributed by atoms with E-state index in [2.05, 4.69) is 11.1 Å². The van der Waals surface area contributed by atoms with Crippen LogP contribution in [-0.4, -0.2) is 10.1 Å². The predicted molar refractivity (Wildman–Crippen MR) is 115 cm³/mol. The van der Waals surface area contributed by atoms with Gasteiger partial charge in [-0.2, -0.15) is 0 Å². The first-order valence-electron chi connectivity index (χ1n) is 10.1. The lowest BCUT2D eigenvalue weighted by atomic mass is 10.1. The van der Waals surface area contributed by atoms with Crippen molar-refractivity contribution in [2.45, 2.75) is 25.7 Å². The summed E-state index contributed by atoms with van der Waals surface area (Å²) in [5, 5.41) is 11.9. The van der Waals surface area contributed by atoms with Gasteiger partial charge in [0.05, 0.1) is 17.3 Å². The Bertz CT molecular complexity index is 1190. The van der Waals surface area contributed by atoms with Crippen LogP contribution in [0.25, 0.3) is 16.7 Å². The van der Waals surface area contributed by atoms with Crippen LogP contribution in [0.1, 0.15) is 31.2 Å². The van der Waals surface area contributed by atoms with E-state index in [9.17, 15) is 5.11 Å². The second-order valence-electron chi connectivity index (χ2n) is 7.25. The quantitative estimate of drug-likeness (QED) is 0.533. The zero-order chi connectivity index (χ0) is 20.3. The Balaban J connectivity index is 1.45. The van der Waals surface area contributed by atoms with E-state index in [0.717, 1.165) is 35.9 Å². The Morgan fingerprint density at radius 3 is 2.80 bits per heavy atom. The summed E-state index contributed by atoms with van der Waals surface area (Å²) in [7, 11) is 0. The average molecular weight is 399 g/mol. The number of hydrogen-bond donors (Lipinski definition) is 1. The molecule has 2 aliphatic rings. The number of para-hydroxylation sites is 1. The molecule has 150 valence electrons. The Morgan fingerprint density at radius 2 is 1.90 bits per heavy atom. The summed E-state index contributed by atoms with van der Waals surface area (Å²) in [6.07, 6.45) is 9.36. The van der Waals surface area contributed by atoms with E-state index < -0.39 is 0 Å². The normalized spacial score (nSPS) is 15.8. The molecule has 0 radical (unpaired) electrons. The number of benzene rings is 2. The van der Waals surface area contributed by atoms with Crippen LogP contribution < -0.4 is 9.47 Å². The zero-order valence-corrected chi connectivity index (χ0v) is 16.4. The molecule has 5 rings (SSSR count). The number of rotatable bonds is 4. The summed E-state index contributed by atoms with van der Waals surface area (Å²) in [6.45, 7) is 0. The third kappa shape index (κ3) is 3.74. The minimum Gasteiger partial charge on any atom is -0.504 e. The van der Waals surface area contributed by atoms with E-state index >= 15 is 0 Å². The fourth-order valence-electron chi connectivity index (χ4n) is 3.59. The molecule has 2 heterocycles. The molecule has 5 nitrogen and oxygen atoms in total. The van der Waals surface area contributed by atoms with E-state index in [1.54, 1.807) is 24.3 Å². The van der Waals surface area contributed by atoms with Gasteiger partial charge in [0.1, 0.15) is 17.3 Å². The van der Waals surface area contributed by atoms with Crippen LogP contribution in [0, 0.1) is 0 Å². The smallest absolute Gasteiger partial charge is 0.219 e.